The van der Waals surface area contributed by atoms with Gasteiger partial charge in [-0.15, -0.1) is 10.2 Å². The van der Waals surface area contributed by atoms with Crippen LogP contribution in [-0.2, 0) is 6.42 Å². The van der Waals surface area contributed by atoms with Gasteiger partial charge in [-0.2, -0.15) is 33.1 Å². The smallest absolute Gasteiger partial charge is 0.438 e. The Morgan fingerprint density at radius 3 is 2.72 bits per heavy atom. The third kappa shape index (κ3) is 2.99. The van der Waals surface area contributed by atoms with E-state index in [9.17, 15) is 18.3 Å². The molecule has 0 unspecified atom stereocenters. The topological polar surface area (TPSA) is 127 Å². The second-order valence-electron chi connectivity index (χ2n) is 6.31. The average molecular weight is 408 g/mol. The molecule has 1 aromatic carbocycles. The van der Waals surface area contributed by atoms with E-state index in [1.54, 1.807) is 24.3 Å². The van der Waals surface area contributed by atoms with E-state index >= 15 is 0 Å². The normalized spacial score (nSPS) is 21.8. The molecule has 2 aliphatic heterocycles. The molecule has 3 heterocycles. The molecule has 0 saturated heterocycles. The van der Waals surface area contributed by atoms with Crippen molar-refractivity contribution in [1.82, 2.24) is 19.8 Å². The predicted octanol–water partition coefficient (Wildman–Crippen LogP) is 0.680. The van der Waals surface area contributed by atoms with E-state index < -0.39 is 24.3 Å². The number of aromatic nitrogens is 3. The molecule has 0 fully saturated rings. The van der Waals surface area contributed by atoms with Crippen LogP contribution in [0.1, 0.15) is 17.8 Å². The van der Waals surface area contributed by atoms with E-state index in [-0.39, 0.29) is 23.8 Å². The summed E-state index contributed by atoms with van der Waals surface area (Å²) in [6.07, 6.45) is -4.78. The lowest BCUT2D eigenvalue weighted by molar-refractivity contribution is -0.295. The SMILES string of the molecule is COc1ccccc1C1=NN(C2=NN=C(N)Cc3ncnn32)[C@@](O)(C(F)(F)F)C1. The summed E-state index contributed by atoms with van der Waals surface area (Å²) in [5.41, 5.74) is 2.55. The van der Waals surface area contributed by atoms with Crippen LogP contribution >= 0.6 is 0 Å². The number of para-hydroxylation sites is 1. The van der Waals surface area contributed by atoms with Crippen LogP contribution in [0.5, 0.6) is 5.75 Å². The van der Waals surface area contributed by atoms with Gasteiger partial charge in [-0.3, -0.25) is 0 Å². The Kier molecular flexibility index (Phi) is 4.26. The summed E-state index contributed by atoms with van der Waals surface area (Å²) in [4.78, 5) is 3.96. The number of hydrazone groups is 1. The highest BCUT2D eigenvalue weighted by molar-refractivity contribution is 6.06. The number of aliphatic hydroxyl groups is 1. The van der Waals surface area contributed by atoms with Gasteiger partial charge >= 0.3 is 6.18 Å². The van der Waals surface area contributed by atoms with Crippen LogP contribution in [0.2, 0.25) is 0 Å². The van der Waals surface area contributed by atoms with E-state index in [2.05, 4.69) is 25.4 Å². The first-order valence-electron chi connectivity index (χ1n) is 8.34. The van der Waals surface area contributed by atoms with E-state index in [1.807, 2.05) is 0 Å². The molecule has 10 nitrogen and oxygen atoms in total. The summed E-state index contributed by atoms with van der Waals surface area (Å²) in [5, 5.41) is 26.4. The lowest BCUT2D eigenvalue weighted by Crippen LogP contribution is -2.58. The number of ether oxygens (including phenoxy) is 1. The van der Waals surface area contributed by atoms with Crippen LogP contribution < -0.4 is 10.5 Å². The Balaban J connectivity index is 1.88. The van der Waals surface area contributed by atoms with Crippen molar-refractivity contribution in [3.05, 3.63) is 42.0 Å². The number of nitrogens with two attached hydrogens (primary N) is 1. The highest BCUT2D eigenvalue weighted by Crippen LogP contribution is 2.42. The van der Waals surface area contributed by atoms with Gasteiger partial charge in [0.1, 0.15) is 23.7 Å². The van der Waals surface area contributed by atoms with Gasteiger partial charge in [-0.05, 0) is 12.1 Å². The molecule has 0 amide bonds. The molecular weight excluding hydrogens is 393 g/mol. The zero-order valence-corrected chi connectivity index (χ0v) is 15.0. The molecule has 13 heteroatoms. The summed E-state index contributed by atoms with van der Waals surface area (Å²) in [6.45, 7) is 0. The van der Waals surface area contributed by atoms with Crippen molar-refractivity contribution in [2.24, 2.45) is 21.0 Å². The Bertz CT molecular complexity index is 1040. The van der Waals surface area contributed by atoms with Crippen molar-refractivity contribution in [1.29, 1.82) is 0 Å². The minimum absolute atomic E-state index is 0.0222. The van der Waals surface area contributed by atoms with Crippen molar-refractivity contribution >= 4 is 17.5 Å². The largest absolute Gasteiger partial charge is 0.496 e. The molecule has 0 aliphatic carbocycles. The minimum atomic E-state index is -5.08. The third-order valence-corrected chi connectivity index (χ3v) is 4.46. The lowest BCUT2D eigenvalue weighted by atomic mass is 10.0. The molecule has 2 aromatic rings. The molecule has 4 rings (SSSR count). The minimum Gasteiger partial charge on any atom is -0.496 e. The molecule has 2 aliphatic rings. The van der Waals surface area contributed by atoms with Gasteiger partial charge in [0.15, 0.2) is 0 Å². The first-order chi connectivity index (χ1) is 13.7. The standard InChI is InChI=1S/C16H15F3N8O2/c1-29-11-5-3-2-4-9(11)10-7-15(28,16(17,18)19)27(25-10)14-24-23-12(20)6-13-21-8-22-26(13)14/h2-5,8,28H,6-7H2,1H3,(H2,20,23)/t15-/m0/s1. The van der Waals surface area contributed by atoms with Gasteiger partial charge in [-0.25, -0.2) is 4.98 Å². The summed E-state index contributed by atoms with van der Waals surface area (Å²) >= 11 is 0. The van der Waals surface area contributed by atoms with Crippen molar-refractivity contribution < 1.29 is 23.0 Å². The third-order valence-electron chi connectivity index (χ3n) is 4.46. The summed E-state index contributed by atoms with van der Waals surface area (Å²) in [5.74, 6) is 0.0534. The number of hydrogen-bond acceptors (Lipinski definition) is 9. The second kappa shape index (κ2) is 6.55. The number of amidine groups is 1. The zero-order chi connectivity index (χ0) is 20.8. The second-order valence-corrected chi connectivity index (χ2v) is 6.31. The van der Waals surface area contributed by atoms with E-state index in [4.69, 9.17) is 10.5 Å². The van der Waals surface area contributed by atoms with Gasteiger partial charge in [0.05, 0.1) is 25.7 Å². The summed E-state index contributed by atoms with van der Waals surface area (Å²) in [6, 6.07) is 6.42. The average Bonchev–Trinajstić information content (AvgIpc) is 3.24. The van der Waals surface area contributed by atoms with Crippen LogP contribution in [-0.4, -0.2) is 61.4 Å². The maximum absolute atomic E-state index is 13.9. The number of alkyl halides is 3. The molecule has 29 heavy (non-hydrogen) atoms. The number of hydrogen-bond donors (Lipinski definition) is 2. The molecule has 152 valence electrons. The van der Waals surface area contributed by atoms with Crippen LogP contribution in [0, 0.1) is 0 Å². The number of fused-ring (bicyclic) bond motifs is 1. The molecule has 0 saturated carbocycles. The molecule has 3 N–H and O–H groups in total. The van der Waals surface area contributed by atoms with Crippen LogP contribution in [0.4, 0.5) is 13.2 Å². The van der Waals surface area contributed by atoms with Crippen LogP contribution in [0.3, 0.4) is 0 Å². The van der Waals surface area contributed by atoms with E-state index in [0.717, 1.165) is 11.0 Å². The van der Waals surface area contributed by atoms with Crippen molar-refractivity contribution in [3.63, 3.8) is 0 Å². The van der Waals surface area contributed by atoms with Gasteiger partial charge in [0.25, 0.3) is 11.7 Å². The quantitative estimate of drug-likeness (QED) is 0.753. The summed E-state index contributed by atoms with van der Waals surface area (Å²) in [7, 11) is 1.39. The van der Waals surface area contributed by atoms with Gasteiger partial charge in [0.2, 0.25) is 0 Å². The summed E-state index contributed by atoms with van der Waals surface area (Å²) < 4.78 is 48.1. The van der Waals surface area contributed by atoms with Gasteiger partial charge < -0.3 is 15.6 Å². The van der Waals surface area contributed by atoms with Crippen LogP contribution in [0.25, 0.3) is 0 Å². The van der Waals surface area contributed by atoms with E-state index in [0.29, 0.717) is 16.3 Å². The lowest BCUT2D eigenvalue weighted by Gasteiger charge is -2.33. The fraction of sp³-hybridized carbons (Fsp3) is 0.312. The maximum Gasteiger partial charge on any atom is 0.438 e. The number of rotatable bonds is 2. The maximum atomic E-state index is 13.9. The predicted molar refractivity (Wildman–Crippen MR) is 95.2 cm³/mol. The fourth-order valence-electron chi connectivity index (χ4n) is 3.04. The molecule has 0 bridgehead atoms. The molecular formula is C16H15F3N8O2. The highest BCUT2D eigenvalue weighted by Gasteiger charge is 2.63. The molecule has 0 spiro atoms. The number of benzene rings is 1. The molecule has 1 atom stereocenters. The number of nitrogens with zero attached hydrogens (tertiary/aromatic N) is 7. The monoisotopic (exact) mass is 408 g/mol. The number of methoxy groups -OCH3 is 1. The number of halogens is 3. The van der Waals surface area contributed by atoms with E-state index in [1.165, 1.54) is 7.11 Å². The zero-order valence-electron chi connectivity index (χ0n) is 15.0. The van der Waals surface area contributed by atoms with Crippen molar-refractivity contribution in [2.45, 2.75) is 24.7 Å². The van der Waals surface area contributed by atoms with Crippen molar-refractivity contribution in [3.8, 4) is 5.75 Å². The van der Waals surface area contributed by atoms with Crippen molar-refractivity contribution in [2.75, 3.05) is 7.11 Å². The Morgan fingerprint density at radius 2 is 2.00 bits per heavy atom. The Morgan fingerprint density at radius 1 is 1.24 bits per heavy atom. The first-order valence-corrected chi connectivity index (χ1v) is 8.34. The van der Waals surface area contributed by atoms with Gasteiger partial charge in [-0.1, -0.05) is 12.1 Å². The molecule has 1 aromatic heterocycles. The Hall–Kier alpha value is -3.48. The fourth-order valence-corrected chi connectivity index (χ4v) is 3.04. The first kappa shape index (κ1) is 18.9. The Labute approximate surface area is 161 Å². The van der Waals surface area contributed by atoms with Gasteiger partial charge in [0, 0.05) is 5.56 Å². The highest BCUT2D eigenvalue weighted by atomic mass is 19.4. The molecule has 0 radical (unpaired) electrons. The van der Waals surface area contributed by atoms with Crippen LogP contribution in [0.15, 0.2) is 45.9 Å².